The Bertz CT molecular complexity index is 835. The lowest BCUT2D eigenvalue weighted by Gasteiger charge is -2.15. The molecule has 0 atom stereocenters. The average Bonchev–Trinajstić information content (AvgIpc) is 2.97. The summed E-state index contributed by atoms with van der Waals surface area (Å²) in [6.07, 6.45) is 0.791. The zero-order valence-electron chi connectivity index (χ0n) is 14.1. The average molecular weight is 359 g/mol. The van der Waals surface area contributed by atoms with E-state index in [1.807, 2.05) is 19.1 Å². The number of hydrogen-bond donors (Lipinski definition) is 1. The predicted octanol–water partition coefficient (Wildman–Crippen LogP) is 3.57. The number of ether oxygens (including phenoxy) is 1. The summed E-state index contributed by atoms with van der Waals surface area (Å²) in [5.41, 5.74) is 3.55. The van der Waals surface area contributed by atoms with Gasteiger partial charge in [0.15, 0.2) is 6.61 Å². The molecule has 25 heavy (non-hydrogen) atoms. The van der Waals surface area contributed by atoms with Gasteiger partial charge in [-0.2, -0.15) is 0 Å². The summed E-state index contributed by atoms with van der Waals surface area (Å²) in [7, 11) is 0. The number of carbonyl (C=O) groups excluding carboxylic acids is 2. The molecule has 0 radical (unpaired) electrons. The third kappa shape index (κ3) is 3.94. The minimum Gasteiger partial charge on any atom is -0.483 e. The van der Waals surface area contributed by atoms with Crippen LogP contribution in [-0.4, -0.2) is 25.0 Å². The summed E-state index contributed by atoms with van der Waals surface area (Å²) in [5, 5.41) is 3.45. The molecule has 5 nitrogen and oxygen atoms in total. The van der Waals surface area contributed by atoms with Crippen molar-refractivity contribution < 1.29 is 14.3 Å². The molecule has 0 spiro atoms. The van der Waals surface area contributed by atoms with Crippen molar-refractivity contribution in [3.05, 3.63) is 52.5 Å². The number of anilines is 2. The summed E-state index contributed by atoms with van der Waals surface area (Å²) in [4.78, 5) is 25.4. The van der Waals surface area contributed by atoms with Crippen molar-refractivity contribution >= 4 is 34.8 Å². The first-order valence-corrected chi connectivity index (χ1v) is 8.41. The van der Waals surface area contributed by atoms with Crippen molar-refractivity contribution in [2.45, 2.75) is 20.3 Å². The smallest absolute Gasteiger partial charge is 0.262 e. The highest BCUT2D eigenvalue weighted by Gasteiger charge is 2.22. The molecule has 1 aliphatic heterocycles. The number of nitrogens with zero attached hydrogens (tertiary/aromatic N) is 1. The van der Waals surface area contributed by atoms with E-state index in [9.17, 15) is 9.59 Å². The van der Waals surface area contributed by atoms with Crippen LogP contribution in [0.5, 0.6) is 5.75 Å². The van der Waals surface area contributed by atoms with Crippen LogP contribution >= 0.6 is 11.6 Å². The molecule has 0 unspecified atom stereocenters. The van der Waals surface area contributed by atoms with Crippen LogP contribution in [0.4, 0.5) is 11.4 Å². The number of nitrogens with one attached hydrogen (secondary N) is 1. The molecule has 130 valence electrons. The van der Waals surface area contributed by atoms with Crippen molar-refractivity contribution in [1.82, 2.24) is 0 Å². The van der Waals surface area contributed by atoms with E-state index >= 15 is 0 Å². The van der Waals surface area contributed by atoms with Crippen molar-refractivity contribution in [1.29, 1.82) is 0 Å². The molecule has 1 N–H and O–H groups in total. The van der Waals surface area contributed by atoms with Gasteiger partial charge in [0.2, 0.25) is 5.91 Å². The lowest BCUT2D eigenvalue weighted by molar-refractivity contribution is -0.118. The fourth-order valence-corrected chi connectivity index (χ4v) is 3.15. The van der Waals surface area contributed by atoms with Gasteiger partial charge in [-0.1, -0.05) is 11.6 Å². The third-order valence-corrected chi connectivity index (χ3v) is 4.37. The molecule has 0 fully saturated rings. The van der Waals surface area contributed by atoms with Crippen molar-refractivity contribution in [2.24, 2.45) is 0 Å². The number of rotatable bonds is 4. The lowest BCUT2D eigenvalue weighted by atomic mass is 10.1. The summed E-state index contributed by atoms with van der Waals surface area (Å²) >= 11 is 5.90. The predicted molar refractivity (Wildman–Crippen MR) is 98.5 cm³/mol. The Hall–Kier alpha value is -2.53. The van der Waals surface area contributed by atoms with Gasteiger partial charge in [-0.3, -0.25) is 9.59 Å². The van der Waals surface area contributed by atoms with Gasteiger partial charge in [-0.05, 0) is 60.9 Å². The highest BCUT2D eigenvalue weighted by molar-refractivity contribution is 6.30. The van der Waals surface area contributed by atoms with Crippen molar-refractivity contribution in [3.63, 3.8) is 0 Å². The molecule has 0 saturated heterocycles. The van der Waals surface area contributed by atoms with Gasteiger partial charge in [0.1, 0.15) is 5.75 Å². The zero-order valence-corrected chi connectivity index (χ0v) is 14.9. The van der Waals surface area contributed by atoms with Crippen molar-refractivity contribution in [2.75, 3.05) is 23.4 Å². The van der Waals surface area contributed by atoms with Crippen LogP contribution in [0.1, 0.15) is 18.1 Å². The molecule has 1 aliphatic rings. The summed E-state index contributed by atoms with van der Waals surface area (Å²) in [6, 6.07) is 10.8. The number of amides is 2. The molecule has 0 aliphatic carbocycles. The maximum Gasteiger partial charge on any atom is 0.262 e. The topological polar surface area (TPSA) is 58.6 Å². The summed E-state index contributed by atoms with van der Waals surface area (Å²) in [5.74, 6) is 0.420. The second kappa shape index (κ2) is 7.15. The van der Waals surface area contributed by atoms with E-state index in [-0.39, 0.29) is 18.4 Å². The molecular weight excluding hydrogens is 340 g/mol. The quantitative estimate of drug-likeness (QED) is 0.908. The molecule has 2 aromatic rings. The van der Waals surface area contributed by atoms with E-state index < -0.39 is 0 Å². The highest BCUT2D eigenvalue weighted by atomic mass is 35.5. The second-order valence-corrected chi connectivity index (χ2v) is 6.45. The Kier molecular flexibility index (Phi) is 4.95. The number of carbonyl (C=O) groups is 2. The van der Waals surface area contributed by atoms with Gasteiger partial charge < -0.3 is 15.0 Å². The van der Waals surface area contributed by atoms with E-state index in [4.69, 9.17) is 16.3 Å². The minimum absolute atomic E-state index is 0.0299. The van der Waals surface area contributed by atoms with Gasteiger partial charge >= 0.3 is 0 Å². The third-order valence-electron chi connectivity index (χ3n) is 4.13. The highest BCUT2D eigenvalue weighted by Crippen LogP contribution is 2.30. The van der Waals surface area contributed by atoms with Crippen LogP contribution in [0.15, 0.2) is 36.4 Å². The van der Waals surface area contributed by atoms with Crippen LogP contribution in [0, 0.1) is 6.92 Å². The Balaban J connectivity index is 1.61. The Morgan fingerprint density at radius 3 is 2.76 bits per heavy atom. The van der Waals surface area contributed by atoms with E-state index in [1.54, 1.807) is 36.1 Å². The van der Waals surface area contributed by atoms with Crippen molar-refractivity contribution in [3.8, 4) is 5.75 Å². The number of aryl methyl sites for hydroxylation is 1. The van der Waals surface area contributed by atoms with Crippen LogP contribution in [0.2, 0.25) is 5.02 Å². The van der Waals surface area contributed by atoms with Gasteiger partial charge in [-0.15, -0.1) is 0 Å². The molecule has 3 rings (SSSR count). The number of halogens is 1. The van der Waals surface area contributed by atoms with Gasteiger partial charge in [0, 0.05) is 29.9 Å². The van der Waals surface area contributed by atoms with Gasteiger partial charge in [-0.25, -0.2) is 0 Å². The first-order chi connectivity index (χ1) is 11.9. The maximum absolute atomic E-state index is 12.1. The van der Waals surface area contributed by atoms with Crippen LogP contribution in [0.3, 0.4) is 0 Å². The second-order valence-electron chi connectivity index (χ2n) is 6.01. The zero-order chi connectivity index (χ0) is 18.0. The molecule has 0 bridgehead atoms. The minimum atomic E-state index is -0.240. The van der Waals surface area contributed by atoms with E-state index in [0.29, 0.717) is 23.0 Å². The molecule has 6 heteroatoms. The monoisotopic (exact) mass is 358 g/mol. The van der Waals surface area contributed by atoms with Crippen LogP contribution < -0.4 is 15.0 Å². The summed E-state index contributed by atoms with van der Waals surface area (Å²) in [6.45, 7) is 4.03. The number of fused-ring (bicyclic) bond motifs is 1. The largest absolute Gasteiger partial charge is 0.483 e. The fraction of sp³-hybridized carbons (Fsp3) is 0.263. The lowest BCUT2D eigenvalue weighted by Crippen LogP contribution is -2.25. The Morgan fingerprint density at radius 1 is 1.24 bits per heavy atom. The molecule has 0 aromatic heterocycles. The van der Waals surface area contributed by atoms with Crippen LogP contribution in [-0.2, 0) is 16.0 Å². The Labute approximate surface area is 151 Å². The van der Waals surface area contributed by atoms with Gasteiger partial charge in [0.25, 0.3) is 5.91 Å². The molecule has 2 amide bonds. The molecular formula is C19H19ClN2O3. The van der Waals surface area contributed by atoms with Crippen LogP contribution in [0.25, 0.3) is 0 Å². The van der Waals surface area contributed by atoms with E-state index in [1.165, 1.54) is 0 Å². The summed E-state index contributed by atoms with van der Waals surface area (Å²) < 4.78 is 5.54. The van der Waals surface area contributed by atoms with Gasteiger partial charge in [0.05, 0.1) is 0 Å². The number of benzene rings is 2. The Morgan fingerprint density at radius 2 is 2.04 bits per heavy atom. The van der Waals surface area contributed by atoms with E-state index in [0.717, 1.165) is 23.2 Å². The SMILES string of the molecule is CC(=O)N1CCc2cc(NC(=O)COc3ccc(Cl)cc3C)ccc21. The maximum atomic E-state index is 12.1. The number of hydrogen-bond acceptors (Lipinski definition) is 3. The molecule has 0 saturated carbocycles. The molecule has 1 heterocycles. The fourth-order valence-electron chi connectivity index (χ4n) is 2.92. The molecule has 2 aromatic carbocycles. The normalized spacial score (nSPS) is 12.7. The van der Waals surface area contributed by atoms with E-state index in [2.05, 4.69) is 5.32 Å². The first kappa shape index (κ1) is 17.3. The first-order valence-electron chi connectivity index (χ1n) is 8.04. The standard InChI is InChI=1S/C19H19ClN2O3/c1-12-9-15(20)3-6-18(12)25-11-19(24)21-16-4-5-17-14(10-16)7-8-22(17)13(2)23/h3-6,9-10H,7-8,11H2,1-2H3,(H,21,24).